The van der Waals surface area contributed by atoms with Crippen LogP contribution in [0.25, 0.3) is 0 Å². The maximum Gasteiger partial charge on any atom is 0.319 e. The average Bonchev–Trinajstić information content (AvgIpc) is 2.86. The Bertz CT molecular complexity index is 782. The maximum absolute atomic E-state index is 13.9. The van der Waals surface area contributed by atoms with E-state index in [1.165, 1.54) is 7.11 Å². The van der Waals surface area contributed by atoms with Crippen molar-refractivity contribution in [3.63, 3.8) is 0 Å². The Kier molecular flexibility index (Phi) is 4.35. The standard InChI is InChI=1S/C17H16F2N2O3/c1-24-15-8-11(18)13(7-12(15)19)20-17(23)21-16-10-5-3-2-4-9(10)6-14(16)22/h2-5,7-8,14,16,22H,6H2,1H3,(H2,20,21,23)/t14-,16+/m1/s1. The van der Waals surface area contributed by atoms with Gasteiger partial charge in [0.15, 0.2) is 17.4 Å². The van der Waals surface area contributed by atoms with Crippen LogP contribution in [0.4, 0.5) is 19.3 Å². The second kappa shape index (κ2) is 6.45. The third-order valence-corrected chi connectivity index (χ3v) is 3.98. The number of fused-ring (bicyclic) bond motifs is 1. The molecule has 0 unspecified atom stereocenters. The molecule has 0 bridgehead atoms. The Balaban J connectivity index is 1.74. The van der Waals surface area contributed by atoms with E-state index in [1.807, 2.05) is 24.3 Å². The predicted molar refractivity (Wildman–Crippen MR) is 84.0 cm³/mol. The van der Waals surface area contributed by atoms with E-state index >= 15 is 0 Å². The number of aliphatic hydroxyl groups is 1. The molecule has 126 valence electrons. The number of urea groups is 1. The number of carbonyl (C=O) groups excluding carboxylic acids is 1. The van der Waals surface area contributed by atoms with Crippen LogP contribution in [0, 0.1) is 11.6 Å². The average molecular weight is 334 g/mol. The van der Waals surface area contributed by atoms with Crippen molar-refractivity contribution in [2.24, 2.45) is 0 Å². The maximum atomic E-state index is 13.9. The van der Waals surface area contributed by atoms with Gasteiger partial charge in [-0.3, -0.25) is 0 Å². The van der Waals surface area contributed by atoms with Crippen molar-refractivity contribution in [1.82, 2.24) is 5.32 Å². The number of halogens is 2. The molecule has 24 heavy (non-hydrogen) atoms. The molecule has 0 spiro atoms. The smallest absolute Gasteiger partial charge is 0.319 e. The summed E-state index contributed by atoms with van der Waals surface area (Å²) >= 11 is 0. The Morgan fingerprint density at radius 1 is 1.25 bits per heavy atom. The fourth-order valence-electron chi connectivity index (χ4n) is 2.83. The molecule has 2 aromatic carbocycles. The summed E-state index contributed by atoms with van der Waals surface area (Å²) in [6.45, 7) is 0. The lowest BCUT2D eigenvalue weighted by Crippen LogP contribution is -2.37. The molecule has 0 saturated carbocycles. The van der Waals surface area contributed by atoms with Gasteiger partial charge in [-0.2, -0.15) is 0 Å². The Hall–Kier alpha value is -2.67. The van der Waals surface area contributed by atoms with Gasteiger partial charge >= 0.3 is 6.03 Å². The molecule has 1 aliphatic rings. The number of nitrogens with one attached hydrogen (secondary N) is 2. The quantitative estimate of drug-likeness (QED) is 0.808. The molecule has 3 N–H and O–H groups in total. The summed E-state index contributed by atoms with van der Waals surface area (Å²) in [7, 11) is 1.22. The van der Waals surface area contributed by atoms with Crippen LogP contribution >= 0.6 is 0 Å². The number of hydrogen-bond donors (Lipinski definition) is 3. The van der Waals surface area contributed by atoms with Crippen molar-refractivity contribution in [3.05, 3.63) is 59.2 Å². The van der Waals surface area contributed by atoms with Crippen molar-refractivity contribution in [2.75, 3.05) is 12.4 Å². The summed E-state index contributed by atoms with van der Waals surface area (Å²) in [5.74, 6) is -1.87. The van der Waals surface area contributed by atoms with Crippen molar-refractivity contribution in [1.29, 1.82) is 0 Å². The van der Waals surface area contributed by atoms with Gasteiger partial charge in [0, 0.05) is 18.6 Å². The summed E-state index contributed by atoms with van der Waals surface area (Å²) < 4.78 is 32.2. The number of ether oxygens (including phenoxy) is 1. The van der Waals surface area contributed by atoms with E-state index < -0.39 is 29.8 Å². The van der Waals surface area contributed by atoms with Crippen LogP contribution in [-0.4, -0.2) is 24.4 Å². The molecule has 2 amide bonds. The summed E-state index contributed by atoms with van der Waals surface area (Å²) in [5, 5.41) is 14.9. The van der Waals surface area contributed by atoms with Gasteiger partial charge in [0.25, 0.3) is 0 Å². The number of carbonyl (C=O) groups is 1. The molecule has 0 aromatic heterocycles. The van der Waals surface area contributed by atoms with Crippen molar-refractivity contribution in [2.45, 2.75) is 18.6 Å². The van der Waals surface area contributed by atoms with Crippen molar-refractivity contribution >= 4 is 11.7 Å². The molecule has 1 aliphatic carbocycles. The highest BCUT2D eigenvalue weighted by Crippen LogP contribution is 2.31. The van der Waals surface area contributed by atoms with Gasteiger partial charge in [-0.25, -0.2) is 13.6 Å². The lowest BCUT2D eigenvalue weighted by molar-refractivity contribution is 0.144. The predicted octanol–water partition coefficient (Wildman–Crippen LogP) is 2.75. The van der Waals surface area contributed by atoms with Gasteiger partial charge in [0.05, 0.1) is 24.9 Å². The van der Waals surface area contributed by atoms with Crippen LogP contribution in [0.2, 0.25) is 0 Å². The van der Waals surface area contributed by atoms with E-state index in [-0.39, 0.29) is 11.4 Å². The van der Waals surface area contributed by atoms with E-state index in [2.05, 4.69) is 15.4 Å². The molecule has 0 heterocycles. The Labute approximate surface area is 137 Å². The monoisotopic (exact) mass is 334 g/mol. The number of hydrogen-bond acceptors (Lipinski definition) is 3. The molecular formula is C17H16F2N2O3. The topological polar surface area (TPSA) is 70.6 Å². The van der Waals surface area contributed by atoms with Gasteiger partial charge in [-0.1, -0.05) is 24.3 Å². The number of benzene rings is 2. The van der Waals surface area contributed by atoms with Gasteiger partial charge < -0.3 is 20.5 Å². The van der Waals surface area contributed by atoms with E-state index in [0.717, 1.165) is 23.3 Å². The largest absolute Gasteiger partial charge is 0.494 e. The molecule has 2 aromatic rings. The highest BCUT2D eigenvalue weighted by molar-refractivity contribution is 5.90. The first-order valence-electron chi connectivity index (χ1n) is 7.36. The highest BCUT2D eigenvalue weighted by Gasteiger charge is 2.32. The lowest BCUT2D eigenvalue weighted by Gasteiger charge is -2.18. The molecule has 7 heteroatoms. The van der Waals surface area contributed by atoms with Crippen LogP contribution in [0.3, 0.4) is 0 Å². The van der Waals surface area contributed by atoms with Crippen molar-refractivity contribution < 1.29 is 23.4 Å². The van der Waals surface area contributed by atoms with E-state index in [1.54, 1.807) is 0 Å². The summed E-state index contributed by atoms with van der Waals surface area (Å²) in [6, 6.07) is 7.69. The Morgan fingerprint density at radius 2 is 2.00 bits per heavy atom. The van der Waals surface area contributed by atoms with E-state index in [0.29, 0.717) is 6.42 Å². The second-order valence-corrected chi connectivity index (χ2v) is 5.51. The van der Waals surface area contributed by atoms with Crippen molar-refractivity contribution in [3.8, 4) is 5.75 Å². The van der Waals surface area contributed by atoms with Gasteiger partial charge in [-0.15, -0.1) is 0 Å². The van der Waals surface area contributed by atoms with Gasteiger partial charge in [0.1, 0.15) is 0 Å². The third kappa shape index (κ3) is 3.03. The second-order valence-electron chi connectivity index (χ2n) is 5.51. The number of anilines is 1. The zero-order valence-electron chi connectivity index (χ0n) is 12.8. The summed E-state index contributed by atoms with van der Waals surface area (Å²) in [5.41, 5.74) is 1.44. The van der Waals surface area contributed by atoms with Crippen LogP contribution in [0.1, 0.15) is 17.2 Å². The zero-order valence-corrected chi connectivity index (χ0v) is 12.8. The minimum absolute atomic E-state index is 0.251. The first-order chi connectivity index (χ1) is 11.5. The molecule has 5 nitrogen and oxygen atoms in total. The van der Waals surface area contributed by atoms with Crippen LogP contribution in [-0.2, 0) is 6.42 Å². The lowest BCUT2D eigenvalue weighted by atomic mass is 10.1. The summed E-state index contributed by atoms with van der Waals surface area (Å²) in [4.78, 5) is 12.1. The molecule has 3 rings (SSSR count). The number of aliphatic hydroxyl groups excluding tert-OH is 1. The number of methoxy groups -OCH3 is 1. The van der Waals surface area contributed by atoms with Crippen LogP contribution < -0.4 is 15.4 Å². The molecule has 0 saturated heterocycles. The molecule has 0 fully saturated rings. The third-order valence-electron chi connectivity index (χ3n) is 3.98. The van der Waals surface area contributed by atoms with E-state index in [4.69, 9.17) is 0 Å². The molecular weight excluding hydrogens is 318 g/mol. The fourth-order valence-corrected chi connectivity index (χ4v) is 2.83. The summed E-state index contributed by atoms with van der Waals surface area (Å²) in [6.07, 6.45) is -0.349. The molecule has 0 radical (unpaired) electrons. The normalized spacial score (nSPS) is 18.8. The van der Waals surface area contributed by atoms with Crippen LogP contribution in [0.5, 0.6) is 5.75 Å². The molecule has 2 atom stereocenters. The highest BCUT2D eigenvalue weighted by atomic mass is 19.1. The minimum Gasteiger partial charge on any atom is -0.494 e. The van der Waals surface area contributed by atoms with E-state index in [9.17, 15) is 18.7 Å². The first-order valence-corrected chi connectivity index (χ1v) is 7.36. The zero-order chi connectivity index (χ0) is 17.3. The SMILES string of the molecule is COc1cc(F)c(NC(=O)N[C@H]2c3ccccc3C[C@H]2O)cc1F. The van der Waals surface area contributed by atoms with Gasteiger partial charge in [0.2, 0.25) is 0 Å². The number of amides is 2. The van der Waals surface area contributed by atoms with Crippen LogP contribution in [0.15, 0.2) is 36.4 Å². The fraction of sp³-hybridized carbons (Fsp3) is 0.235. The minimum atomic E-state index is -0.823. The molecule has 0 aliphatic heterocycles. The van der Waals surface area contributed by atoms with Gasteiger partial charge in [-0.05, 0) is 11.1 Å². The Morgan fingerprint density at radius 3 is 2.75 bits per heavy atom. The first kappa shape index (κ1) is 16.2. The number of rotatable bonds is 3.